The lowest BCUT2D eigenvalue weighted by molar-refractivity contribution is -0.00611. The highest BCUT2D eigenvalue weighted by molar-refractivity contribution is 5.78. The Morgan fingerprint density at radius 2 is 1.54 bits per heavy atom. The van der Waals surface area contributed by atoms with Crippen molar-refractivity contribution in [2.75, 3.05) is 0 Å². The highest BCUT2D eigenvalue weighted by atomic mass is 16.3. The molecule has 0 aromatic heterocycles. The molecule has 4 fully saturated rings. The van der Waals surface area contributed by atoms with Gasteiger partial charge in [0.05, 0.1) is 0 Å². The normalized spacial score (nSPS) is 32.0. The van der Waals surface area contributed by atoms with Crippen LogP contribution in [0.25, 0.3) is 11.1 Å². The Morgan fingerprint density at radius 1 is 0.962 bits per heavy atom. The molecule has 4 aliphatic rings. The molecule has 134 valence electrons. The maximum Gasteiger partial charge on any atom is 0.150 e. The third kappa shape index (κ3) is 2.42. The molecular formula is C24H26O2. The number of benzene rings is 2. The molecule has 2 aromatic rings. The predicted molar refractivity (Wildman–Crippen MR) is 104 cm³/mol. The molecule has 4 saturated carbocycles. The molecule has 0 atom stereocenters. The minimum Gasteiger partial charge on any atom is -0.508 e. The van der Waals surface area contributed by atoms with E-state index in [1.165, 1.54) is 49.7 Å². The van der Waals surface area contributed by atoms with Crippen molar-refractivity contribution in [1.29, 1.82) is 0 Å². The monoisotopic (exact) mass is 346 g/mol. The summed E-state index contributed by atoms with van der Waals surface area (Å²) in [6.07, 6.45) is 8.86. The van der Waals surface area contributed by atoms with E-state index >= 15 is 0 Å². The van der Waals surface area contributed by atoms with Gasteiger partial charge in [-0.15, -0.1) is 0 Å². The number of carbonyl (C=O) groups excluding carboxylic acids is 1. The third-order valence-corrected chi connectivity index (χ3v) is 7.31. The molecular weight excluding hydrogens is 320 g/mol. The van der Waals surface area contributed by atoms with Crippen LogP contribution in [0.15, 0.2) is 36.4 Å². The van der Waals surface area contributed by atoms with Crippen molar-refractivity contribution in [3.63, 3.8) is 0 Å². The Labute approximate surface area is 155 Å². The summed E-state index contributed by atoms with van der Waals surface area (Å²) in [6.45, 7) is 2.06. The minimum absolute atomic E-state index is 0.185. The zero-order valence-corrected chi connectivity index (χ0v) is 15.4. The van der Waals surface area contributed by atoms with Gasteiger partial charge in [-0.3, -0.25) is 4.79 Å². The number of carbonyl (C=O) groups is 1. The van der Waals surface area contributed by atoms with Crippen LogP contribution in [0.1, 0.15) is 60.0 Å². The first-order valence-electron chi connectivity index (χ1n) is 9.96. The summed E-state index contributed by atoms with van der Waals surface area (Å²) in [5, 5.41) is 10.9. The van der Waals surface area contributed by atoms with Gasteiger partial charge in [0, 0.05) is 11.1 Å². The van der Waals surface area contributed by atoms with E-state index < -0.39 is 0 Å². The fourth-order valence-electron chi connectivity index (χ4n) is 6.61. The van der Waals surface area contributed by atoms with Gasteiger partial charge in [0.2, 0.25) is 0 Å². The summed E-state index contributed by atoms with van der Waals surface area (Å²) in [5.41, 5.74) is 5.47. The van der Waals surface area contributed by atoms with Gasteiger partial charge < -0.3 is 5.11 Å². The van der Waals surface area contributed by atoms with Gasteiger partial charge in [-0.1, -0.05) is 24.3 Å². The third-order valence-electron chi connectivity index (χ3n) is 7.31. The molecule has 0 heterocycles. The van der Waals surface area contributed by atoms with Crippen LogP contribution in [0.5, 0.6) is 5.75 Å². The van der Waals surface area contributed by atoms with Gasteiger partial charge in [-0.05, 0) is 97.4 Å². The van der Waals surface area contributed by atoms with Crippen molar-refractivity contribution in [3.8, 4) is 16.9 Å². The molecule has 4 bridgehead atoms. The quantitative estimate of drug-likeness (QED) is 0.729. The van der Waals surface area contributed by atoms with Gasteiger partial charge in [0.15, 0.2) is 0 Å². The summed E-state index contributed by atoms with van der Waals surface area (Å²) >= 11 is 0. The first kappa shape index (κ1) is 16.1. The second-order valence-electron chi connectivity index (χ2n) is 9.12. The SMILES string of the molecule is Cc1cc(O)c(C23CC4CC(CC(C4)C2)C3)cc1-c1ccc(C=O)cc1. The highest BCUT2D eigenvalue weighted by Crippen LogP contribution is 2.62. The number of aryl methyl sites for hydroxylation is 1. The number of hydrogen-bond donors (Lipinski definition) is 1. The van der Waals surface area contributed by atoms with E-state index in [1.807, 2.05) is 30.3 Å². The molecule has 2 nitrogen and oxygen atoms in total. The number of hydrogen-bond acceptors (Lipinski definition) is 2. The molecule has 0 amide bonds. The van der Waals surface area contributed by atoms with E-state index in [0.717, 1.165) is 35.2 Å². The second-order valence-corrected chi connectivity index (χ2v) is 9.12. The van der Waals surface area contributed by atoms with Gasteiger partial charge in [-0.2, -0.15) is 0 Å². The summed E-state index contributed by atoms with van der Waals surface area (Å²) in [6, 6.07) is 12.0. The van der Waals surface area contributed by atoms with Crippen LogP contribution in [0.4, 0.5) is 0 Å². The van der Waals surface area contributed by atoms with E-state index in [-0.39, 0.29) is 5.41 Å². The van der Waals surface area contributed by atoms with Crippen LogP contribution in [0, 0.1) is 24.7 Å². The predicted octanol–water partition coefficient (Wildman–Crippen LogP) is 5.65. The van der Waals surface area contributed by atoms with E-state index in [2.05, 4.69) is 13.0 Å². The number of phenols is 1. The molecule has 1 N–H and O–H groups in total. The van der Waals surface area contributed by atoms with Gasteiger partial charge >= 0.3 is 0 Å². The first-order valence-corrected chi connectivity index (χ1v) is 9.96. The number of phenolic OH excluding ortho intramolecular Hbond substituents is 1. The van der Waals surface area contributed by atoms with Crippen LogP contribution in [-0.4, -0.2) is 11.4 Å². The van der Waals surface area contributed by atoms with Crippen LogP contribution in [0.3, 0.4) is 0 Å². The number of aldehydes is 1. The number of rotatable bonds is 3. The van der Waals surface area contributed by atoms with Crippen molar-refractivity contribution in [1.82, 2.24) is 0 Å². The topological polar surface area (TPSA) is 37.3 Å². The molecule has 4 aliphatic carbocycles. The van der Waals surface area contributed by atoms with E-state index in [1.54, 1.807) is 0 Å². The lowest BCUT2D eigenvalue weighted by Gasteiger charge is -2.57. The summed E-state index contributed by atoms with van der Waals surface area (Å²) in [5.74, 6) is 3.06. The van der Waals surface area contributed by atoms with Crippen molar-refractivity contribution < 1.29 is 9.90 Å². The minimum atomic E-state index is 0.185. The number of aromatic hydroxyl groups is 1. The van der Waals surface area contributed by atoms with Gasteiger partial charge in [0.1, 0.15) is 12.0 Å². The largest absolute Gasteiger partial charge is 0.508 e. The lowest BCUT2D eigenvalue weighted by atomic mass is 9.48. The fourth-order valence-corrected chi connectivity index (χ4v) is 6.61. The highest BCUT2D eigenvalue weighted by Gasteiger charge is 2.52. The molecule has 0 unspecified atom stereocenters. The van der Waals surface area contributed by atoms with Gasteiger partial charge in [0.25, 0.3) is 0 Å². The van der Waals surface area contributed by atoms with Crippen LogP contribution in [0.2, 0.25) is 0 Å². The molecule has 6 rings (SSSR count). The molecule has 2 aromatic carbocycles. The summed E-state index contributed by atoms with van der Waals surface area (Å²) < 4.78 is 0. The Balaban J connectivity index is 1.60. The summed E-state index contributed by atoms with van der Waals surface area (Å²) in [7, 11) is 0. The average molecular weight is 346 g/mol. The fraction of sp³-hybridized carbons (Fsp3) is 0.458. The van der Waals surface area contributed by atoms with E-state index in [0.29, 0.717) is 11.3 Å². The standard InChI is InChI=1S/C24H26O2/c1-15-6-23(26)22(10-21(15)20-4-2-16(14-25)3-5-20)24-11-17-7-18(12-24)9-19(8-17)13-24/h2-6,10,14,17-19,26H,7-9,11-13H2,1H3. The maximum absolute atomic E-state index is 10.9. The van der Waals surface area contributed by atoms with E-state index in [4.69, 9.17) is 0 Å². The van der Waals surface area contributed by atoms with Gasteiger partial charge in [-0.25, -0.2) is 0 Å². The first-order chi connectivity index (χ1) is 12.6. The average Bonchev–Trinajstić information content (AvgIpc) is 2.60. The molecule has 2 heteroatoms. The van der Waals surface area contributed by atoms with Crippen molar-refractivity contribution in [2.45, 2.75) is 50.9 Å². The Hall–Kier alpha value is -2.09. The molecule has 0 aliphatic heterocycles. The molecule has 0 radical (unpaired) electrons. The molecule has 26 heavy (non-hydrogen) atoms. The van der Waals surface area contributed by atoms with Crippen molar-refractivity contribution >= 4 is 6.29 Å². The lowest BCUT2D eigenvalue weighted by Crippen LogP contribution is -2.48. The Kier molecular flexibility index (Phi) is 3.53. The van der Waals surface area contributed by atoms with Crippen molar-refractivity contribution in [2.24, 2.45) is 17.8 Å². The van der Waals surface area contributed by atoms with Crippen LogP contribution in [-0.2, 0) is 5.41 Å². The maximum atomic E-state index is 10.9. The van der Waals surface area contributed by atoms with Crippen LogP contribution >= 0.6 is 0 Å². The zero-order chi connectivity index (χ0) is 17.9. The molecule has 0 spiro atoms. The second kappa shape index (κ2) is 5.70. The summed E-state index contributed by atoms with van der Waals surface area (Å²) in [4.78, 5) is 10.9. The zero-order valence-electron chi connectivity index (χ0n) is 15.4. The Morgan fingerprint density at radius 3 is 2.08 bits per heavy atom. The smallest absolute Gasteiger partial charge is 0.150 e. The van der Waals surface area contributed by atoms with Crippen LogP contribution < -0.4 is 0 Å². The Bertz CT molecular complexity index is 827. The van der Waals surface area contributed by atoms with E-state index in [9.17, 15) is 9.90 Å². The molecule has 0 saturated heterocycles. The van der Waals surface area contributed by atoms with Crippen molar-refractivity contribution in [3.05, 3.63) is 53.1 Å².